The van der Waals surface area contributed by atoms with Gasteiger partial charge >= 0.3 is 11.8 Å². The van der Waals surface area contributed by atoms with Crippen molar-refractivity contribution in [3.8, 4) is 0 Å². The first-order valence-corrected chi connectivity index (χ1v) is 6.89. The van der Waals surface area contributed by atoms with Gasteiger partial charge in [0.05, 0.1) is 12.2 Å². The number of ether oxygens (including phenoxy) is 1. The van der Waals surface area contributed by atoms with Crippen LogP contribution in [0.25, 0.3) is 0 Å². The Labute approximate surface area is 133 Å². The number of hydrogen-bond donors (Lipinski definition) is 5. The standard InChI is InChI=1S/C13H15BrO8/c14-12(20)13(21,10(18)9(17)8(16)6-15)22-11(19)7-4-2-1-3-5-7/h1-5,8-10,15-18,21H,6H2/t8-,9-,10+,13+/m1/s1. The number of carbonyl (C=O) groups is 2. The minimum atomic E-state index is -3.15. The van der Waals surface area contributed by atoms with E-state index < -0.39 is 41.4 Å². The van der Waals surface area contributed by atoms with E-state index in [2.05, 4.69) is 20.7 Å². The lowest BCUT2D eigenvalue weighted by Crippen LogP contribution is -2.59. The van der Waals surface area contributed by atoms with Crippen molar-refractivity contribution in [1.29, 1.82) is 0 Å². The summed E-state index contributed by atoms with van der Waals surface area (Å²) >= 11 is 2.36. The van der Waals surface area contributed by atoms with Crippen LogP contribution in [0.5, 0.6) is 0 Å². The Morgan fingerprint density at radius 3 is 2.18 bits per heavy atom. The lowest BCUT2D eigenvalue weighted by molar-refractivity contribution is -0.239. The van der Waals surface area contributed by atoms with Crippen LogP contribution < -0.4 is 0 Å². The fourth-order valence-corrected chi connectivity index (χ4v) is 1.86. The van der Waals surface area contributed by atoms with Crippen molar-refractivity contribution >= 4 is 26.6 Å². The van der Waals surface area contributed by atoms with Crippen molar-refractivity contribution in [3.63, 3.8) is 0 Å². The summed E-state index contributed by atoms with van der Waals surface area (Å²) < 4.78 is 3.23. The molecular weight excluding hydrogens is 364 g/mol. The van der Waals surface area contributed by atoms with Gasteiger partial charge < -0.3 is 30.3 Å². The number of aliphatic hydroxyl groups excluding tert-OH is 4. The summed E-state index contributed by atoms with van der Waals surface area (Å²) in [6, 6.07) is 7.31. The zero-order chi connectivity index (χ0) is 16.9. The Hall–Kier alpha value is -1.36. The lowest BCUT2D eigenvalue weighted by atomic mass is 10.0. The van der Waals surface area contributed by atoms with E-state index in [1.54, 1.807) is 6.07 Å². The molecule has 1 rings (SSSR count). The third-order valence-electron chi connectivity index (χ3n) is 2.85. The zero-order valence-electron chi connectivity index (χ0n) is 11.2. The number of hydrogen-bond acceptors (Lipinski definition) is 8. The number of rotatable bonds is 7. The number of benzene rings is 1. The van der Waals surface area contributed by atoms with E-state index in [-0.39, 0.29) is 5.56 Å². The van der Waals surface area contributed by atoms with Gasteiger partial charge in [0.25, 0.3) is 4.69 Å². The topological polar surface area (TPSA) is 145 Å². The minimum Gasteiger partial charge on any atom is -0.418 e. The average Bonchev–Trinajstić information content (AvgIpc) is 2.52. The lowest BCUT2D eigenvalue weighted by Gasteiger charge is -2.33. The molecule has 0 unspecified atom stereocenters. The number of halogens is 1. The maximum absolute atomic E-state index is 11.9. The second-order valence-electron chi connectivity index (χ2n) is 4.41. The van der Waals surface area contributed by atoms with Gasteiger partial charge in [-0.05, 0) is 28.1 Å². The molecule has 0 aliphatic rings. The first-order chi connectivity index (χ1) is 10.2. The maximum atomic E-state index is 11.9. The van der Waals surface area contributed by atoms with Crippen LogP contribution >= 0.6 is 15.9 Å². The summed E-state index contributed by atoms with van der Waals surface area (Å²) in [6.07, 6.45) is -6.39. The summed E-state index contributed by atoms with van der Waals surface area (Å²) in [4.78, 5) is 23.3. The predicted octanol–water partition coefficient (Wildman–Crippen LogP) is -1.47. The molecule has 0 heterocycles. The molecule has 0 radical (unpaired) electrons. The molecule has 0 saturated carbocycles. The fraction of sp³-hybridized carbons (Fsp3) is 0.385. The molecule has 5 N–H and O–H groups in total. The van der Waals surface area contributed by atoms with Crippen molar-refractivity contribution in [1.82, 2.24) is 0 Å². The quantitative estimate of drug-likeness (QED) is 0.219. The number of carbonyl (C=O) groups excluding carboxylic acids is 2. The fourth-order valence-electron chi connectivity index (χ4n) is 1.54. The number of esters is 1. The number of aliphatic hydroxyl groups is 5. The second-order valence-corrected chi connectivity index (χ2v) is 5.13. The van der Waals surface area contributed by atoms with E-state index in [4.69, 9.17) is 5.11 Å². The first-order valence-electron chi connectivity index (χ1n) is 6.09. The molecule has 4 atom stereocenters. The molecule has 9 heteroatoms. The van der Waals surface area contributed by atoms with Crippen molar-refractivity contribution < 1.29 is 39.9 Å². The maximum Gasteiger partial charge on any atom is 0.341 e. The highest BCUT2D eigenvalue weighted by molar-refractivity contribution is 9.18. The van der Waals surface area contributed by atoms with E-state index in [1.807, 2.05) is 0 Å². The average molecular weight is 379 g/mol. The summed E-state index contributed by atoms with van der Waals surface area (Å²) in [5.41, 5.74) is -0.0147. The van der Waals surface area contributed by atoms with Gasteiger partial charge in [-0.1, -0.05) is 18.2 Å². The molecule has 0 aliphatic heterocycles. The molecule has 22 heavy (non-hydrogen) atoms. The highest BCUT2D eigenvalue weighted by atomic mass is 79.9. The Morgan fingerprint density at radius 2 is 1.73 bits per heavy atom. The van der Waals surface area contributed by atoms with Crippen molar-refractivity contribution in [3.05, 3.63) is 35.9 Å². The van der Waals surface area contributed by atoms with Crippen LogP contribution in [0.4, 0.5) is 0 Å². The smallest absolute Gasteiger partial charge is 0.341 e. The van der Waals surface area contributed by atoms with Gasteiger partial charge in [-0.3, -0.25) is 4.79 Å². The SMILES string of the molecule is O=C(O[C@](O)(C(=O)Br)[C@@H](O)[C@H](O)[C@H](O)CO)c1ccccc1. The van der Waals surface area contributed by atoms with Crippen LogP contribution in [-0.2, 0) is 9.53 Å². The van der Waals surface area contributed by atoms with Crippen LogP contribution in [0.15, 0.2) is 30.3 Å². The largest absolute Gasteiger partial charge is 0.418 e. The van der Waals surface area contributed by atoms with Gasteiger partial charge in [0.15, 0.2) is 6.10 Å². The minimum absolute atomic E-state index is 0.0147. The molecule has 0 bridgehead atoms. The summed E-state index contributed by atoms with van der Waals surface area (Å²) in [5.74, 6) is -4.29. The molecular formula is C13H15BrO8. The molecule has 0 fully saturated rings. The third kappa shape index (κ3) is 4.09. The van der Waals surface area contributed by atoms with Crippen LogP contribution in [0.3, 0.4) is 0 Å². The normalized spacial score (nSPS) is 17.9. The van der Waals surface area contributed by atoms with Gasteiger partial charge in [0, 0.05) is 0 Å². The van der Waals surface area contributed by atoms with Gasteiger partial charge in [0.2, 0.25) is 0 Å². The van der Waals surface area contributed by atoms with Crippen LogP contribution in [0, 0.1) is 0 Å². The molecule has 0 aliphatic carbocycles. The van der Waals surface area contributed by atoms with E-state index in [0.717, 1.165) is 0 Å². The predicted molar refractivity (Wildman–Crippen MR) is 75.8 cm³/mol. The van der Waals surface area contributed by atoms with Crippen molar-refractivity contribution in [2.45, 2.75) is 24.1 Å². The first kappa shape index (κ1) is 18.7. The Morgan fingerprint density at radius 1 is 1.18 bits per heavy atom. The monoisotopic (exact) mass is 378 g/mol. The molecule has 1 aromatic rings. The molecule has 0 saturated heterocycles. The van der Waals surface area contributed by atoms with E-state index >= 15 is 0 Å². The second kappa shape index (κ2) is 7.77. The van der Waals surface area contributed by atoms with Gasteiger partial charge in [-0.25, -0.2) is 4.79 Å². The Kier molecular flexibility index (Phi) is 6.60. The highest BCUT2D eigenvalue weighted by Gasteiger charge is 2.51. The van der Waals surface area contributed by atoms with Gasteiger partial charge in [0.1, 0.15) is 12.2 Å². The van der Waals surface area contributed by atoms with Crippen LogP contribution in [-0.4, -0.2) is 66.9 Å². The molecule has 8 nitrogen and oxygen atoms in total. The summed E-state index contributed by atoms with van der Waals surface area (Å²) in [5, 5.41) is 47.4. The molecule has 1 aromatic carbocycles. The molecule has 0 amide bonds. The molecule has 122 valence electrons. The third-order valence-corrected chi connectivity index (χ3v) is 3.41. The molecule has 0 aromatic heterocycles. The van der Waals surface area contributed by atoms with Crippen molar-refractivity contribution in [2.24, 2.45) is 0 Å². The van der Waals surface area contributed by atoms with E-state index in [0.29, 0.717) is 0 Å². The van der Waals surface area contributed by atoms with E-state index in [9.17, 15) is 30.0 Å². The van der Waals surface area contributed by atoms with E-state index in [1.165, 1.54) is 24.3 Å². The van der Waals surface area contributed by atoms with Gasteiger partial charge in [-0.15, -0.1) is 0 Å². The van der Waals surface area contributed by atoms with Crippen LogP contribution in [0.1, 0.15) is 10.4 Å². The highest BCUT2D eigenvalue weighted by Crippen LogP contribution is 2.23. The Bertz CT molecular complexity index is 522. The van der Waals surface area contributed by atoms with Crippen LogP contribution in [0.2, 0.25) is 0 Å². The summed E-state index contributed by atoms with van der Waals surface area (Å²) in [7, 11) is 0. The molecule has 0 spiro atoms. The van der Waals surface area contributed by atoms with Crippen molar-refractivity contribution in [2.75, 3.05) is 6.61 Å². The zero-order valence-corrected chi connectivity index (χ0v) is 12.8. The van der Waals surface area contributed by atoms with Gasteiger partial charge in [-0.2, -0.15) is 0 Å². The summed E-state index contributed by atoms with van der Waals surface area (Å²) in [6.45, 7) is -0.947. The Balaban J connectivity index is 3.01.